The number of nitrogens with zero attached hydrogens (tertiary/aromatic N) is 2. The molecule has 4 fully saturated rings. The van der Waals surface area contributed by atoms with Gasteiger partial charge in [0.1, 0.15) is 17.5 Å². The molecule has 0 aromatic heterocycles. The molecule has 2 aromatic rings. The van der Waals surface area contributed by atoms with Crippen molar-refractivity contribution in [1.29, 1.82) is 0 Å². The lowest BCUT2D eigenvalue weighted by Crippen LogP contribution is -2.61. The van der Waals surface area contributed by atoms with Gasteiger partial charge in [0.2, 0.25) is 0 Å². The van der Waals surface area contributed by atoms with E-state index < -0.39 is 5.67 Å². The van der Waals surface area contributed by atoms with Crippen molar-refractivity contribution in [2.75, 3.05) is 11.4 Å². The Hall–Kier alpha value is -2.16. The molecule has 4 bridgehead atoms. The number of alkyl halides is 1. The molecule has 0 N–H and O–H groups in total. The minimum Gasteiger partial charge on any atom is -0.324 e. The SMILES string of the molecule is FC1(C2CN(c3ccccc3)C(c3ccccc3)=N2)C2CC3CC(C2)CC1C3. The fraction of sp³-hybridized carbons (Fsp3) is 0.480. The number of amidine groups is 1. The van der Waals surface area contributed by atoms with Gasteiger partial charge in [-0.25, -0.2) is 4.39 Å². The maximum absolute atomic E-state index is 16.8. The van der Waals surface area contributed by atoms with Gasteiger partial charge in [-0.3, -0.25) is 4.99 Å². The van der Waals surface area contributed by atoms with Crippen molar-refractivity contribution in [2.45, 2.75) is 43.8 Å². The van der Waals surface area contributed by atoms with Gasteiger partial charge in [-0.1, -0.05) is 48.5 Å². The molecular formula is C25H27FN2. The van der Waals surface area contributed by atoms with Crippen molar-refractivity contribution in [3.63, 3.8) is 0 Å². The highest BCUT2D eigenvalue weighted by atomic mass is 19.1. The molecule has 0 amide bonds. The summed E-state index contributed by atoms with van der Waals surface area (Å²) >= 11 is 0. The van der Waals surface area contributed by atoms with Gasteiger partial charge >= 0.3 is 0 Å². The molecule has 4 aliphatic carbocycles. The summed E-state index contributed by atoms with van der Waals surface area (Å²) in [7, 11) is 0. The summed E-state index contributed by atoms with van der Waals surface area (Å²) in [5.41, 5.74) is 1.07. The maximum Gasteiger partial charge on any atom is 0.140 e. The van der Waals surface area contributed by atoms with Crippen LogP contribution in [-0.4, -0.2) is 24.1 Å². The van der Waals surface area contributed by atoms with Crippen LogP contribution in [0.25, 0.3) is 0 Å². The minimum atomic E-state index is -1.13. The van der Waals surface area contributed by atoms with Gasteiger partial charge in [-0.05, 0) is 67.9 Å². The third-order valence-corrected chi connectivity index (χ3v) is 7.89. The molecule has 4 saturated carbocycles. The number of aliphatic imine (C=N–C) groups is 1. The summed E-state index contributed by atoms with van der Waals surface area (Å²) in [6.45, 7) is 0.660. The molecule has 28 heavy (non-hydrogen) atoms. The summed E-state index contributed by atoms with van der Waals surface area (Å²) in [5.74, 6) is 2.91. The van der Waals surface area contributed by atoms with E-state index >= 15 is 4.39 Å². The second kappa shape index (κ2) is 6.17. The summed E-state index contributed by atoms with van der Waals surface area (Å²) < 4.78 is 16.8. The van der Waals surface area contributed by atoms with Crippen molar-refractivity contribution in [3.8, 4) is 0 Å². The zero-order valence-corrected chi connectivity index (χ0v) is 16.2. The Morgan fingerprint density at radius 3 is 1.96 bits per heavy atom. The number of halogens is 1. The Kier molecular flexibility index (Phi) is 3.69. The van der Waals surface area contributed by atoms with E-state index in [-0.39, 0.29) is 17.9 Å². The van der Waals surface area contributed by atoms with Gasteiger partial charge in [-0.15, -0.1) is 0 Å². The van der Waals surface area contributed by atoms with E-state index in [0.717, 1.165) is 54.6 Å². The third kappa shape index (κ3) is 2.41. The summed E-state index contributed by atoms with van der Waals surface area (Å²) in [4.78, 5) is 7.34. The van der Waals surface area contributed by atoms with Crippen LogP contribution in [0, 0.1) is 23.7 Å². The molecule has 0 radical (unpaired) electrons. The molecule has 1 atom stereocenters. The molecule has 7 rings (SSSR count). The highest BCUT2D eigenvalue weighted by Gasteiger charge is 2.62. The van der Waals surface area contributed by atoms with Crippen LogP contribution < -0.4 is 4.90 Å². The predicted molar refractivity (Wildman–Crippen MR) is 111 cm³/mol. The first-order valence-electron chi connectivity index (χ1n) is 10.9. The van der Waals surface area contributed by atoms with Crippen LogP contribution in [0.3, 0.4) is 0 Å². The second-order valence-corrected chi connectivity index (χ2v) is 9.41. The standard InChI is InChI=1S/C25H27FN2/c26-25(20-12-17-11-18(14-20)15-21(25)13-17)23-16-28(22-9-5-2-6-10-22)24(27-23)19-7-3-1-4-8-19/h1-10,17-18,20-21,23H,11-16H2. The van der Waals surface area contributed by atoms with E-state index in [4.69, 9.17) is 4.99 Å². The molecule has 0 saturated heterocycles. The predicted octanol–water partition coefficient (Wildman–Crippen LogP) is 5.49. The van der Waals surface area contributed by atoms with Crippen molar-refractivity contribution in [3.05, 3.63) is 66.2 Å². The summed E-state index contributed by atoms with van der Waals surface area (Å²) in [6.07, 6.45) is 5.69. The summed E-state index contributed by atoms with van der Waals surface area (Å²) in [6, 6.07) is 20.4. The lowest BCUT2D eigenvalue weighted by atomic mass is 9.49. The zero-order chi connectivity index (χ0) is 18.7. The fourth-order valence-corrected chi connectivity index (χ4v) is 6.86. The van der Waals surface area contributed by atoms with Crippen LogP contribution >= 0.6 is 0 Å². The lowest BCUT2D eigenvalue weighted by molar-refractivity contribution is -0.134. The van der Waals surface area contributed by atoms with Crippen molar-refractivity contribution in [1.82, 2.24) is 0 Å². The molecule has 2 nitrogen and oxygen atoms in total. The molecule has 3 heteroatoms. The van der Waals surface area contributed by atoms with Crippen molar-refractivity contribution < 1.29 is 4.39 Å². The molecule has 1 aliphatic heterocycles. The highest BCUT2D eigenvalue weighted by molar-refractivity contribution is 6.11. The van der Waals surface area contributed by atoms with Crippen LogP contribution in [-0.2, 0) is 0 Å². The number of benzene rings is 2. The molecule has 5 aliphatic rings. The lowest BCUT2D eigenvalue weighted by Gasteiger charge is -2.58. The third-order valence-electron chi connectivity index (χ3n) is 7.89. The van der Waals surface area contributed by atoms with E-state index in [2.05, 4.69) is 41.3 Å². The van der Waals surface area contributed by atoms with Crippen LogP contribution in [0.4, 0.5) is 10.1 Å². The molecule has 1 unspecified atom stereocenters. The quantitative estimate of drug-likeness (QED) is 0.694. The Balaban J connectivity index is 1.40. The first kappa shape index (κ1) is 16.8. The monoisotopic (exact) mass is 374 g/mol. The summed E-state index contributed by atoms with van der Waals surface area (Å²) in [5, 5.41) is 0. The van der Waals surface area contributed by atoms with Gasteiger partial charge in [0.25, 0.3) is 0 Å². The van der Waals surface area contributed by atoms with E-state index in [9.17, 15) is 0 Å². The van der Waals surface area contributed by atoms with E-state index in [1.807, 2.05) is 24.3 Å². The molecule has 0 spiro atoms. The van der Waals surface area contributed by atoms with Gasteiger partial charge in [0, 0.05) is 11.3 Å². The number of anilines is 1. The van der Waals surface area contributed by atoms with Crippen molar-refractivity contribution in [2.24, 2.45) is 28.7 Å². The van der Waals surface area contributed by atoms with E-state index in [1.54, 1.807) is 0 Å². The van der Waals surface area contributed by atoms with Gasteiger partial charge in [0.15, 0.2) is 0 Å². The molecule has 1 heterocycles. The average molecular weight is 375 g/mol. The topological polar surface area (TPSA) is 15.6 Å². The number of rotatable bonds is 3. The number of hydrogen-bond acceptors (Lipinski definition) is 2. The second-order valence-electron chi connectivity index (χ2n) is 9.41. The molecular weight excluding hydrogens is 347 g/mol. The van der Waals surface area contributed by atoms with Gasteiger partial charge in [0.05, 0.1) is 6.54 Å². The highest BCUT2D eigenvalue weighted by Crippen LogP contribution is 2.61. The molecule has 2 aromatic carbocycles. The van der Waals surface area contributed by atoms with Crippen LogP contribution in [0.1, 0.15) is 37.7 Å². The van der Waals surface area contributed by atoms with Crippen LogP contribution in [0.15, 0.2) is 65.7 Å². The Morgan fingerprint density at radius 2 is 1.36 bits per heavy atom. The van der Waals surface area contributed by atoms with Crippen molar-refractivity contribution >= 4 is 11.5 Å². The first-order chi connectivity index (χ1) is 13.7. The fourth-order valence-electron chi connectivity index (χ4n) is 6.86. The largest absolute Gasteiger partial charge is 0.324 e. The van der Waals surface area contributed by atoms with Crippen LogP contribution in [0.5, 0.6) is 0 Å². The van der Waals surface area contributed by atoms with E-state index in [0.29, 0.717) is 6.54 Å². The van der Waals surface area contributed by atoms with Gasteiger partial charge < -0.3 is 4.90 Å². The van der Waals surface area contributed by atoms with Crippen LogP contribution in [0.2, 0.25) is 0 Å². The number of hydrogen-bond donors (Lipinski definition) is 0. The minimum absolute atomic E-state index is 0.213. The Labute approximate surface area is 166 Å². The zero-order valence-electron chi connectivity index (χ0n) is 16.2. The molecule has 144 valence electrons. The number of para-hydroxylation sites is 1. The van der Waals surface area contributed by atoms with E-state index in [1.165, 1.54) is 6.42 Å². The normalized spacial score (nSPS) is 38.7. The van der Waals surface area contributed by atoms with Gasteiger partial charge in [-0.2, -0.15) is 0 Å². The Bertz CT molecular complexity index is 863. The Morgan fingerprint density at radius 1 is 0.786 bits per heavy atom. The average Bonchev–Trinajstić information content (AvgIpc) is 3.19. The maximum atomic E-state index is 16.8. The smallest absolute Gasteiger partial charge is 0.140 e. The first-order valence-corrected chi connectivity index (χ1v) is 10.9.